The van der Waals surface area contributed by atoms with E-state index in [0.717, 1.165) is 0 Å². The van der Waals surface area contributed by atoms with Crippen molar-refractivity contribution in [2.24, 2.45) is 0 Å². The standard InChI is InChI=1S/C25H44BCl2N3/c27-26(28)30(23-17-9-3-10-18-23)25(31(26)24-19-11-4-12-20-24)29(21-13-5-1-6-14-21)22-15-7-2-8-16-22/h21-24H,1-20H2. The van der Waals surface area contributed by atoms with Crippen molar-refractivity contribution in [3.8, 4) is 0 Å². The quantitative estimate of drug-likeness (QED) is 0.403. The zero-order valence-electron chi connectivity index (χ0n) is 19.6. The van der Waals surface area contributed by atoms with Crippen LogP contribution in [0.1, 0.15) is 128 Å². The summed E-state index contributed by atoms with van der Waals surface area (Å²) in [4.78, 5) is 5.52. The van der Waals surface area contributed by atoms with E-state index in [1.807, 2.05) is 0 Å². The Labute approximate surface area is 200 Å². The van der Waals surface area contributed by atoms with Crippen LogP contribution in [0.4, 0.5) is 0 Å². The van der Waals surface area contributed by atoms with Gasteiger partial charge in [0.15, 0.2) is 0 Å². The Morgan fingerprint density at radius 1 is 0.613 bits per heavy atom. The summed E-state index contributed by atoms with van der Waals surface area (Å²) in [5.41, 5.74) is 0. The van der Waals surface area contributed by atoms with E-state index in [0.29, 0.717) is 24.2 Å². The average Bonchev–Trinajstić information content (AvgIpc) is 2.81. The van der Waals surface area contributed by atoms with Crippen molar-refractivity contribution in [1.29, 1.82) is 0 Å². The molecule has 3 nitrogen and oxygen atoms in total. The van der Waals surface area contributed by atoms with Crippen LogP contribution in [0.25, 0.3) is 0 Å². The fourth-order valence-electron chi connectivity index (χ4n) is 7.65. The largest absolute Gasteiger partial charge is 0.491 e. The van der Waals surface area contributed by atoms with Crippen molar-refractivity contribution in [2.75, 3.05) is 0 Å². The molecule has 0 spiro atoms. The van der Waals surface area contributed by atoms with E-state index < -0.39 is 5.25 Å². The Morgan fingerprint density at radius 3 is 1.52 bits per heavy atom. The third-order valence-corrected chi connectivity index (χ3v) is 10.1. The summed E-state index contributed by atoms with van der Waals surface area (Å²) < 4.78 is 2.58. The average molecular weight is 468 g/mol. The monoisotopic (exact) mass is 467 g/mol. The van der Waals surface area contributed by atoms with E-state index in [9.17, 15) is 0 Å². The molecule has 31 heavy (non-hydrogen) atoms. The van der Waals surface area contributed by atoms with Crippen LogP contribution in [0.15, 0.2) is 0 Å². The molecule has 0 N–H and O–H groups in total. The second-order valence-corrected chi connectivity index (χ2v) is 12.7. The van der Waals surface area contributed by atoms with Gasteiger partial charge in [-0.25, -0.2) is 0 Å². The maximum atomic E-state index is 7.35. The first-order valence-electron chi connectivity index (χ1n) is 13.9. The van der Waals surface area contributed by atoms with Gasteiger partial charge in [0.25, 0.3) is 5.96 Å². The second-order valence-electron chi connectivity index (χ2n) is 11.3. The highest BCUT2D eigenvalue weighted by Crippen LogP contribution is 2.44. The first-order chi connectivity index (χ1) is 15.2. The van der Waals surface area contributed by atoms with Gasteiger partial charge in [-0.15, -0.1) is 0 Å². The minimum atomic E-state index is -1.64. The first-order valence-corrected chi connectivity index (χ1v) is 14.8. The Kier molecular flexibility index (Phi) is 7.35. The zero-order valence-corrected chi connectivity index (χ0v) is 21.1. The summed E-state index contributed by atoms with van der Waals surface area (Å²) in [6.07, 6.45) is 27.1. The van der Waals surface area contributed by atoms with Crippen molar-refractivity contribution in [1.82, 2.24) is 9.71 Å². The Balaban J connectivity index is 1.55. The molecule has 0 aromatic carbocycles. The second kappa shape index (κ2) is 10.0. The van der Waals surface area contributed by atoms with E-state index in [1.165, 1.54) is 134 Å². The molecule has 0 radical (unpaired) electrons. The molecular weight excluding hydrogens is 424 g/mol. The third kappa shape index (κ3) is 4.51. The molecule has 0 aromatic heterocycles. The van der Waals surface area contributed by atoms with Gasteiger partial charge >= 0.3 is 5.25 Å². The SMILES string of the molecule is Cl[B-]1(Cl)N(C2CCCCC2)C(N(C2CCCCC2)C2CCCCC2)=[N+]1C1CCCCC1. The van der Waals surface area contributed by atoms with Crippen LogP contribution in [-0.4, -0.2) is 49.6 Å². The van der Waals surface area contributed by atoms with Crippen molar-refractivity contribution in [3.63, 3.8) is 0 Å². The minimum Gasteiger partial charge on any atom is -0.392 e. The number of guanidine groups is 1. The molecule has 6 heteroatoms. The molecule has 0 atom stereocenters. The molecule has 0 amide bonds. The smallest absolute Gasteiger partial charge is 0.392 e. The Hall–Kier alpha value is -0.0851. The highest BCUT2D eigenvalue weighted by molar-refractivity contribution is 7.41. The fraction of sp³-hybridized carbons (Fsp3) is 0.960. The molecule has 5 aliphatic rings. The van der Waals surface area contributed by atoms with Gasteiger partial charge in [-0.1, -0.05) is 77.0 Å². The Morgan fingerprint density at radius 2 is 1.03 bits per heavy atom. The van der Waals surface area contributed by atoms with Crippen LogP contribution < -0.4 is 0 Å². The van der Waals surface area contributed by atoms with E-state index in [-0.39, 0.29) is 0 Å². The molecule has 4 fully saturated rings. The number of hydrogen-bond donors (Lipinski definition) is 0. The Bertz CT molecular complexity index is 613. The topological polar surface area (TPSA) is 9.49 Å². The summed E-state index contributed by atoms with van der Waals surface area (Å²) in [5, 5.41) is -1.64. The van der Waals surface area contributed by atoms with Gasteiger partial charge < -0.3 is 9.30 Å². The summed E-state index contributed by atoms with van der Waals surface area (Å²) in [6, 6.07) is 2.50. The van der Waals surface area contributed by atoms with Crippen molar-refractivity contribution in [3.05, 3.63) is 0 Å². The lowest BCUT2D eigenvalue weighted by molar-refractivity contribution is -0.486. The lowest BCUT2D eigenvalue weighted by Gasteiger charge is -2.61. The molecule has 0 saturated heterocycles. The van der Waals surface area contributed by atoms with Gasteiger partial charge in [0.05, 0.1) is 12.1 Å². The number of nitrogens with zero attached hydrogens (tertiary/aromatic N) is 3. The lowest BCUT2D eigenvalue weighted by atomic mass is 9.80. The summed E-state index contributed by atoms with van der Waals surface area (Å²) >= 11 is 14.7. The van der Waals surface area contributed by atoms with E-state index >= 15 is 0 Å². The van der Waals surface area contributed by atoms with Gasteiger partial charge in [0, 0.05) is 12.1 Å². The normalized spacial score (nSPS) is 29.8. The molecule has 5 rings (SSSR count). The van der Waals surface area contributed by atoms with E-state index in [1.54, 1.807) is 0 Å². The molecule has 1 aliphatic heterocycles. The van der Waals surface area contributed by atoms with Gasteiger partial charge in [0.1, 0.15) is 0 Å². The van der Waals surface area contributed by atoms with Crippen molar-refractivity contribution < 1.29 is 4.49 Å². The van der Waals surface area contributed by atoms with Gasteiger partial charge in [-0.3, -0.25) is 27.8 Å². The highest BCUT2D eigenvalue weighted by atomic mass is 35.5. The van der Waals surface area contributed by atoms with Gasteiger partial charge in [0.2, 0.25) is 0 Å². The molecule has 4 saturated carbocycles. The molecule has 0 unspecified atom stereocenters. The molecule has 4 aliphatic carbocycles. The van der Waals surface area contributed by atoms with Crippen LogP contribution in [-0.2, 0) is 0 Å². The first kappa shape index (κ1) is 22.7. The van der Waals surface area contributed by atoms with Crippen LogP contribution in [0.3, 0.4) is 0 Å². The third-order valence-electron chi connectivity index (χ3n) is 9.23. The molecule has 176 valence electrons. The number of rotatable bonds is 4. The fourth-order valence-corrected chi connectivity index (χ4v) is 8.64. The molecule has 0 aromatic rings. The number of halogens is 2. The zero-order chi connectivity index (χ0) is 21.3. The predicted octanol–water partition coefficient (Wildman–Crippen LogP) is 7.22. The maximum absolute atomic E-state index is 7.35. The summed E-state index contributed by atoms with van der Waals surface area (Å²) in [5.74, 6) is 1.49. The number of hydrogen-bond acceptors (Lipinski definition) is 2. The summed E-state index contributed by atoms with van der Waals surface area (Å²) in [6.45, 7) is 0. The predicted molar refractivity (Wildman–Crippen MR) is 134 cm³/mol. The van der Waals surface area contributed by atoms with Crippen LogP contribution in [0, 0.1) is 0 Å². The van der Waals surface area contributed by atoms with Crippen molar-refractivity contribution in [2.45, 2.75) is 153 Å². The van der Waals surface area contributed by atoms with Crippen LogP contribution in [0.5, 0.6) is 0 Å². The van der Waals surface area contributed by atoms with E-state index in [4.69, 9.17) is 22.9 Å². The van der Waals surface area contributed by atoms with Crippen LogP contribution in [0.2, 0.25) is 0 Å². The van der Waals surface area contributed by atoms with Crippen LogP contribution >= 0.6 is 22.9 Å². The van der Waals surface area contributed by atoms with Crippen molar-refractivity contribution >= 4 is 34.1 Å². The van der Waals surface area contributed by atoms with Gasteiger partial charge in [-0.2, -0.15) is 0 Å². The lowest BCUT2D eigenvalue weighted by Crippen LogP contribution is -2.80. The highest BCUT2D eigenvalue weighted by Gasteiger charge is 2.59. The molecule has 1 heterocycles. The van der Waals surface area contributed by atoms with Gasteiger partial charge in [-0.05, 0) is 51.4 Å². The maximum Gasteiger partial charge on any atom is 0.491 e. The minimum absolute atomic E-state index is 0.549. The molecular formula is C25H44BCl2N3. The van der Waals surface area contributed by atoms with E-state index in [2.05, 4.69) is 14.2 Å². The summed E-state index contributed by atoms with van der Waals surface area (Å²) in [7, 11) is 0. The molecule has 0 bridgehead atoms.